The molecule has 0 radical (unpaired) electrons. The van der Waals surface area contributed by atoms with Gasteiger partial charge < -0.3 is 9.47 Å². The van der Waals surface area contributed by atoms with Gasteiger partial charge in [-0.05, 0) is 51.3 Å². The maximum atomic E-state index is 11.9. The number of ether oxygens (including phenoxy) is 2. The summed E-state index contributed by atoms with van der Waals surface area (Å²) in [7, 11) is 0. The molecule has 0 spiro atoms. The van der Waals surface area contributed by atoms with E-state index in [0.717, 1.165) is 5.56 Å². The first kappa shape index (κ1) is 17.2. The smallest absolute Gasteiger partial charge is 0.338 e. The van der Waals surface area contributed by atoms with Crippen LogP contribution in [0.4, 0.5) is 0 Å². The fourth-order valence-electron chi connectivity index (χ4n) is 1.87. The lowest BCUT2D eigenvalue weighted by Crippen LogP contribution is -2.23. The van der Waals surface area contributed by atoms with Crippen LogP contribution in [0.25, 0.3) is 0 Å². The van der Waals surface area contributed by atoms with Gasteiger partial charge in [0.2, 0.25) is 0 Å². The van der Waals surface area contributed by atoms with E-state index in [0.29, 0.717) is 18.6 Å². The molecule has 0 heterocycles. The summed E-state index contributed by atoms with van der Waals surface area (Å²) >= 11 is 0. The third kappa shape index (κ3) is 5.98. The lowest BCUT2D eigenvalue weighted by Gasteiger charge is -2.19. The highest BCUT2D eigenvalue weighted by Gasteiger charge is 2.18. The Labute approximate surface area is 126 Å². The number of benzene rings is 1. The van der Waals surface area contributed by atoms with E-state index in [9.17, 15) is 9.59 Å². The van der Waals surface area contributed by atoms with Crippen LogP contribution in [0.3, 0.4) is 0 Å². The molecule has 1 aromatic rings. The molecule has 4 nitrogen and oxygen atoms in total. The molecule has 1 rings (SSSR count). The summed E-state index contributed by atoms with van der Waals surface area (Å²) in [5.41, 5.74) is 1.000. The van der Waals surface area contributed by atoms with Gasteiger partial charge in [0.25, 0.3) is 0 Å². The van der Waals surface area contributed by atoms with E-state index in [2.05, 4.69) is 0 Å². The molecule has 0 saturated carbocycles. The first-order valence-electron chi connectivity index (χ1n) is 7.22. The van der Waals surface area contributed by atoms with Crippen molar-refractivity contribution in [3.05, 3.63) is 35.4 Å². The maximum Gasteiger partial charge on any atom is 0.338 e. The highest BCUT2D eigenvalue weighted by Crippen LogP contribution is 2.21. The summed E-state index contributed by atoms with van der Waals surface area (Å²) in [5.74, 6) is -0.495. The first-order chi connectivity index (χ1) is 9.73. The van der Waals surface area contributed by atoms with E-state index in [1.807, 2.05) is 39.8 Å². The standard InChI is InChI=1S/C17H24O4/c1-6-20-15(18)11-12(2)13-7-9-14(10-8-13)16(19)21-17(3,4)5/h7-10,12H,6,11H2,1-5H3. The maximum absolute atomic E-state index is 11.9. The van der Waals surface area contributed by atoms with Gasteiger partial charge >= 0.3 is 11.9 Å². The minimum atomic E-state index is -0.507. The average molecular weight is 292 g/mol. The number of rotatable bonds is 5. The minimum absolute atomic E-state index is 0.0525. The number of hydrogen-bond donors (Lipinski definition) is 0. The molecule has 116 valence electrons. The molecular weight excluding hydrogens is 268 g/mol. The van der Waals surface area contributed by atoms with Crippen LogP contribution >= 0.6 is 0 Å². The van der Waals surface area contributed by atoms with Gasteiger partial charge in [0, 0.05) is 0 Å². The Morgan fingerprint density at radius 2 is 1.71 bits per heavy atom. The van der Waals surface area contributed by atoms with Crippen molar-refractivity contribution in [1.82, 2.24) is 0 Å². The summed E-state index contributed by atoms with van der Waals surface area (Å²) in [6, 6.07) is 7.16. The predicted octanol–water partition coefficient (Wildman–Crippen LogP) is 3.70. The molecule has 0 N–H and O–H groups in total. The van der Waals surface area contributed by atoms with Gasteiger partial charge in [-0.2, -0.15) is 0 Å². The molecular formula is C17H24O4. The van der Waals surface area contributed by atoms with Crippen molar-refractivity contribution in [2.75, 3.05) is 6.61 Å². The van der Waals surface area contributed by atoms with Crippen LogP contribution in [0.5, 0.6) is 0 Å². The fourth-order valence-corrected chi connectivity index (χ4v) is 1.87. The Morgan fingerprint density at radius 1 is 1.14 bits per heavy atom. The Balaban J connectivity index is 2.69. The van der Waals surface area contributed by atoms with E-state index in [-0.39, 0.29) is 17.9 Å². The quantitative estimate of drug-likeness (QED) is 0.776. The van der Waals surface area contributed by atoms with E-state index in [4.69, 9.17) is 9.47 Å². The monoisotopic (exact) mass is 292 g/mol. The van der Waals surface area contributed by atoms with Crippen molar-refractivity contribution in [3.8, 4) is 0 Å². The summed E-state index contributed by atoms with van der Waals surface area (Å²) in [4.78, 5) is 23.4. The largest absolute Gasteiger partial charge is 0.466 e. The molecule has 0 amide bonds. The topological polar surface area (TPSA) is 52.6 Å². The Kier molecular flexibility index (Phi) is 5.94. The highest BCUT2D eigenvalue weighted by molar-refractivity contribution is 5.89. The number of hydrogen-bond acceptors (Lipinski definition) is 4. The fraction of sp³-hybridized carbons (Fsp3) is 0.529. The first-order valence-corrected chi connectivity index (χ1v) is 7.22. The highest BCUT2D eigenvalue weighted by atomic mass is 16.6. The molecule has 0 fully saturated rings. The van der Waals surface area contributed by atoms with Crippen LogP contribution in [0.2, 0.25) is 0 Å². The summed E-state index contributed by atoms with van der Waals surface area (Å²) in [6.07, 6.45) is 0.333. The summed E-state index contributed by atoms with van der Waals surface area (Å²) in [6.45, 7) is 9.64. The van der Waals surface area contributed by atoms with Gasteiger partial charge in [0.1, 0.15) is 5.60 Å². The Bertz CT molecular complexity index is 483. The second-order valence-corrected chi connectivity index (χ2v) is 6.03. The molecule has 1 atom stereocenters. The summed E-state index contributed by atoms with van der Waals surface area (Å²) in [5, 5.41) is 0. The van der Waals surface area contributed by atoms with Gasteiger partial charge in [-0.25, -0.2) is 4.79 Å². The number of esters is 2. The van der Waals surface area contributed by atoms with Crippen LogP contribution in [-0.4, -0.2) is 24.1 Å². The normalized spacial score (nSPS) is 12.6. The number of carbonyl (C=O) groups is 2. The van der Waals surface area contributed by atoms with Crippen LogP contribution in [0.1, 0.15) is 62.9 Å². The summed E-state index contributed by atoms with van der Waals surface area (Å²) < 4.78 is 10.2. The van der Waals surface area contributed by atoms with E-state index in [1.165, 1.54) is 0 Å². The van der Waals surface area contributed by atoms with Crippen molar-refractivity contribution in [3.63, 3.8) is 0 Å². The zero-order valence-corrected chi connectivity index (χ0v) is 13.4. The second-order valence-electron chi connectivity index (χ2n) is 6.03. The molecule has 1 unspecified atom stereocenters. The van der Waals surface area contributed by atoms with Crippen LogP contribution in [0, 0.1) is 0 Å². The van der Waals surface area contributed by atoms with Gasteiger partial charge in [-0.1, -0.05) is 19.1 Å². The third-order valence-corrected chi connectivity index (χ3v) is 2.89. The SMILES string of the molecule is CCOC(=O)CC(C)c1ccc(C(=O)OC(C)(C)C)cc1. The van der Waals surface area contributed by atoms with Gasteiger partial charge in [0.15, 0.2) is 0 Å². The van der Waals surface area contributed by atoms with Crippen molar-refractivity contribution >= 4 is 11.9 Å². The molecule has 0 aliphatic rings. The zero-order valence-electron chi connectivity index (χ0n) is 13.4. The lowest BCUT2D eigenvalue weighted by molar-refractivity contribution is -0.143. The molecule has 0 aliphatic carbocycles. The molecule has 0 aromatic heterocycles. The third-order valence-electron chi connectivity index (χ3n) is 2.89. The van der Waals surface area contributed by atoms with Crippen LogP contribution < -0.4 is 0 Å². The zero-order chi connectivity index (χ0) is 16.0. The van der Waals surface area contributed by atoms with Crippen molar-refractivity contribution in [1.29, 1.82) is 0 Å². The molecule has 0 saturated heterocycles. The van der Waals surface area contributed by atoms with E-state index >= 15 is 0 Å². The number of carbonyl (C=O) groups excluding carboxylic acids is 2. The Morgan fingerprint density at radius 3 is 2.19 bits per heavy atom. The van der Waals surface area contributed by atoms with Gasteiger partial charge in [-0.15, -0.1) is 0 Å². The molecule has 21 heavy (non-hydrogen) atoms. The molecule has 0 bridgehead atoms. The van der Waals surface area contributed by atoms with Gasteiger partial charge in [0.05, 0.1) is 18.6 Å². The predicted molar refractivity (Wildman–Crippen MR) is 81.3 cm³/mol. The minimum Gasteiger partial charge on any atom is -0.466 e. The second kappa shape index (κ2) is 7.25. The van der Waals surface area contributed by atoms with Crippen molar-refractivity contribution < 1.29 is 19.1 Å². The van der Waals surface area contributed by atoms with E-state index < -0.39 is 5.60 Å². The molecule has 1 aromatic carbocycles. The van der Waals surface area contributed by atoms with Crippen LogP contribution in [0.15, 0.2) is 24.3 Å². The molecule has 0 aliphatic heterocycles. The average Bonchev–Trinajstić information content (AvgIpc) is 2.37. The lowest BCUT2D eigenvalue weighted by atomic mass is 9.97. The van der Waals surface area contributed by atoms with Crippen molar-refractivity contribution in [2.45, 2.75) is 52.6 Å². The molecule has 4 heteroatoms. The Hall–Kier alpha value is -1.84. The van der Waals surface area contributed by atoms with Gasteiger partial charge in [-0.3, -0.25) is 4.79 Å². The van der Waals surface area contributed by atoms with Crippen LogP contribution in [-0.2, 0) is 14.3 Å². The van der Waals surface area contributed by atoms with Crippen molar-refractivity contribution in [2.24, 2.45) is 0 Å². The van der Waals surface area contributed by atoms with E-state index in [1.54, 1.807) is 19.1 Å².